The summed E-state index contributed by atoms with van der Waals surface area (Å²) in [7, 11) is 1.90. The quantitative estimate of drug-likeness (QED) is 0.832. The van der Waals surface area contributed by atoms with Crippen molar-refractivity contribution in [3.8, 4) is 0 Å². The minimum atomic E-state index is 0.385. The lowest BCUT2D eigenvalue weighted by Crippen LogP contribution is -2.14. The molecule has 17 heavy (non-hydrogen) atoms. The molecule has 2 aromatic rings. The second kappa shape index (κ2) is 5.09. The summed E-state index contributed by atoms with van der Waals surface area (Å²) in [5, 5.41) is 11.8. The Hall–Kier alpha value is -1.69. The van der Waals surface area contributed by atoms with Crippen LogP contribution in [0.2, 0.25) is 0 Å². The molecule has 0 unspecified atom stereocenters. The Balaban J connectivity index is 2.11. The zero-order valence-electron chi connectivity index (χ0n) is 10.5. The molecule has 0 aliphatic carbocycles. The van der Waals surface area contributed by atoms with Gasteiger partial charge < -0.3 is 5.32 Å². The van der Waals surface area contributed by atoms with Gasteiger partial charge in [0.05, 0.1) is 18.8 Å². The first-order chi connectivity index (χ1) is 8.20. The van der Waals surface area contributed by atoms with E-state index in [0.717, 1.165) is 11.5 Å². The molecule has 0 bridgehead atoms. The Morgan fingerprint density at radius 1 is 1.41 bits per heavy atom. The Morgan fingerprint density at radius 3 is 2.88 bits per heavy atom. The van der Waals surface area contributed by atoms with Crippen molar-refractivity contribution in [2.45, 2.75) is 33.0 Å². The van der Waals surface area contributed by atoms with Crippen LogP contribution < -0.4 is 5.32 Å². The summed E-state index contributed by atoms with van der Waals surface area (Å²) in [6.07, 6.45) is 3.57. The van der Waals surface area contributed by atoms with Crippen molar-refractivity contribution in [3.05, 3.63) is 30.1 Å². The molecule has 0 aliphatic heterocycles. The van der Waals surface area contributed by atoms with Crippen LogP contribution in [-0.4, -0.2) is 31.6 Å². The van der Waals surface area contributed by atoms with Gasteiger partial charge in [0.15, 0.2) is 0 Å². The third-order valence-corrected chi connectivity index (χ3v) is 2.54. The highest BCUT2D eigenvalue weighted by atomic mass is 15.4. The van der Waals surface area contributed by atoms with Gasteiger partial charge in [-0.25, -0.2) is 9.67 Å². The van der Waals surface area contributed by atoms with Gasteiger partial charge >= 0.3 is 0 Å². The first-order valence-corrected chi connectivity index (χ1v) is 5.76. The Labute approximate surface area is 101 Å². The van der Waals surface area contributed by atoms with E-state index in [1.54, 1.807) is 6.33 Å². The highest BCUT2D eigenvalue weighted by Gasteiger charge is 2.07. The molecule has 0 amide bonds. The fourth-order valence-electron chi connectivity index (χ4n) is 1.62. The van der Waals surface area contributed by atoms with Crippen molar-refractivity contribution in [2.24, 2.45) is 0 Å². The molecule has 6 heteroatoms. The fraction of sp³-hybridized carbons (Fsp3) is 0.545. The maximum Gasteiger partial charge on any atom is 0.141 e. The molecule has 1 N–H and O–H groups in total. The van der Waals surface area contributed by atoms with Gasteiger partial charge in [-0.3, -0.25) is 4.68 Å². The Kier molecular flexibility index (Phi) is 3.53. The van der Waals surface area contributed by atoms with Crippen LogP contribution >= 0.6 is 0 Å². The molecule has 0 aliphatic rings. The Bertz CT molecular complexity index is 470. The van der Waals surface area contributed by atoms with Crippen LogP contribution in [0.15, 0.2) is 18.6 Å². The first-order valence-electron chi connectivity index (χ1n) is 5.76. The van der Waals surface area contributed by atoms with E-state index in [-0.39, 0.29) is 0 Å². The van der Waals surface area contributed by atoms with Gasteiger partial charge in [-0.05, 0) is 27.0 Å². The zero-order valence-corrected chi connectivity index (χ0v) is 10.5. The van der Waals surface area contributed by atoms with Crippen LogP contribution in [0.5, 0.6) is 0 Å². The number of rotatable bonds is 5. The highest BCUT2D eigenvalue weighted by molar-refractivity contribution is 5.01. The van der Waals surface area contributed by atoms with Gasteiger partial charge in [0.2, 0.25) is 0 Å². The number of hydrogen-bond donors (Lipinski definition) is 1. The van der Waals surface area contributed by atoms with E-state index in [1.165, 1.54) is 0 Å². The van der Waals surface area contributed by atoms with Crippen molar-refractivity contribution in [2.75, 3.05) is 7.05 Å². The summed E-state index contributed by atoms with van der Waals surface area (Å²) in [6.45, 7) is 5.60. The molecule has 0 atom stereocenters. The maximum atomic E-state index is 4.49. The molecule has 0 aromatic carbocycles. The highest BCUT2D eigenvalue weighted by Crippen LogP contribution is 2.06. The fourth-order valence-corrected chi connectivity index (χ4v) is 1.62. The van der Waals surface area contributed by atoms with Crippen molar-refractivity contribution < 1.29 is 0 Å². The summed E-state index contributed by atoms with van der Waals surface area (Å²) in [5.41, 5.74) is 1.00. The lowest BCUT2D eigenvalue weighted by Gasteiger charge is -2.05. The zero-order chi connectivity index (χ0) is 12.3. The van der Waals surface area contributed by atoms with Crippen LogP contribution in [0, 0.1) is 0 Å². The van der Waals surface area contributed by atoms with Crippen LogP contribution in [0.1, 0.15) is 31.4 Å². The Morgan fingerprint density at radius 2 is 2.24 bits per heavy atom. The average molecular weight is 234 g/mol. The minimum Gasteiger partial charge on any atom is -0.313 e. The summed E-state index contributed by atoms with van der Waals surface area (Å²) >= 11 is 0. The number of nitrogens with zero attached hydrogens (tertiary/aromatic N) is 5. The number of hydrogen-bond acceptors (Lipinski definition) is 4. The van der Waals surface area contributed by atoms with Crippen LogP contribution in [0.25, 0.3) is 0 Å². The monoisotopic (exact) mass is 234 g/mol. The molecule has 92 valence electrons. The van der Waals surface area contributed by atoms with Crippen molar-refractivity contribution in [1.82, 2.24) is 29.9 Å². The molecule has 0 fully saturated rings. The molecule has 2 heterocycles. The second-order valence-electron chi connectivity index (χ2n) is 4.25. The first kappa shape index (κ1) is 11.8. The average Bonchev–Trinajstić information content (AvgIpc) is 2.90. The van der Waals surface area contributed by atoms with E-state index in [9.17, 15) is 0 Å². The second-order valence-corrected chi connectivity index (χ2v) is 4.25. The van der Waals surface area contributed by atoms with Crippen molar-refractivity contribution >= 4 is 0 Å². The van der Waals surface area contributed by atoms with Gasteiger partial charge in [-0.1, -0.05) is 0 Å². The van der Waals surface area contributed by atoms with Crippen LogP contribution in [0.4, 0.5) is 0 Å². The number of nitrogens with one attached hydrogen (secondary N) is 1. The minimum absolute atomic E-state index is 0.385. The van der Waals surface area contributed by atoms with E-state index >= 15 is 0 Å². The lowest BCUT2D eigenvalue weighted by molar-refractivity contribution is 0.517. The summed E-state index contributed by atoms with van der Waals surface area (Å²) in [4.78, 5) is 4.20. The van der Waals surface area contributed by atoms with Crippen LogP contribution in [0.3, 0.4) is 0 Å². The van der Waals surface area contributed by atoms with Gasteiger partial charge in [0, 0.05) is 12.2 Å². The van der Waals surface area contributed by atoms with Gasteiger partial charge in [-0.15, -0.1) is 0 Å². The van der Waals surface area contributed by atoms with Gasteiger partial charge in [0.25, 0.3) is 0 Å². The van der Waals surface area contributed by atoms with Crippen LogP contribution in [-0.2, 0) is 13.1 Å². The molecule has 0 spiro atoms. The van der Waals surface area contributed by atoms with Crippen molar-refractivity contribution in [1.29, 1.82) is 0 Å². The molecule has 2 rings (SSSR count). The standard InChI is InChI=1S/C11H18N6/c1-9(2)16-5-4-10(15-16)7-17-11(6-12-3)13-8-14-17/h4-5,8-9,12H,6-7H2,1-3H3. The van der Waals surface area contributed by atoms with E-state index in [2.05, 4.69) is 34.3 Å². The molecular formula is C11H18N6. The van der Waals surface area contributed by atoms with E-state index in [4.69, 9.17) is 0 Å². The summed E-state index contributed by atoms with van der Waals surface area (Å²) in [6, 6.07) is 2.40. The lowest BCUT2D eigenvalue weighted by atomic mass is 10.4. The molecule has 2 aromatic heterocycles. The molecule has 6 nitrogen and oxygen atoms in total. The smallest absolute Gasteiger partial charge is 0.141 e. The normalized spacial score (nSPS) is 11.3. The van der Waals surface area contributed by atoms with E-state index in [0.29, 0.717) is 19.1 Å². The largest absolute Gasteiger partial charge is 0.313 e. The van der Waals surface area contributed by atoms with Crippen molar-refractivity contribution in [3.63, 3.8) is 0 Å². The van der Waals surface area contributed by atoms with Gasteiger partial charge in [0.1, 0.15) is 12.2 Å². The summed E-state index contributed by atoms with van der Waals surface area (Å²) < 4.78 is 3.81. The topological polar surface area (TPSA) is 60.6 Å². The van der Waals surface area contributed by atoms with Gasteiger partial charge in [-0.2, -0.15) is 10.2 Å². The maximum absolute atomic E-state index is 4.49. The SMILES string of the molecule is CNCc1ncnn1Cc1ccn(C(C)C)n1. The molecule has 0 saturated heterocycles. The van der Waals surface area contributed by atoms with E-state index in [1.807, 2.05) is 28.7 Å². The third-order valence-electron chi connectivity index (χ3n) is 2.54. The molecule has 0 radical (unpaired) electrons. The third kappa shape index (κ3) is 2.71. The summed E-state index contributed by atoms with van der Waals surface area (Å²) in [5.74, 6) is 0.923. The number of aromatic nitrogens is 5. The predicted molar refractivity (Wildman–Crippen MR) is 64.5 cm³/mol. The molecular weight excluding hydrogens is 216 g/mol. The molecule has 0 saturated carbocycles. The van der Waals surface area contributed by atoms with E-state index < -0.39 is 0 Å². The predicted octanol–water partition coefficient (Wildman–Crippen LogP) is 0.823.